The van der Waals surface area contributed by atoms with Crippen molar-refractivity contribution in [3.63, 3.8) is 0 Å². The zero-order valence-corrected chi connectivity index (χ0v) is 14.7. The van der Waals surface area contributed by atoms with Gasteiger partial charge in [0.05, 0.1) is 6.54 Å². The summed E-state index contributed by atoms with van der Waals surface area (Å²) >= 11 is 0. The molecule has 3 aromatic rings. The Hall–Kier alpha value is -2.37. The van der Waals surface area contributed by atoms with Crippen molar-refractivity contribution in [2.45, 2.75) is 19.5 Å². The predicted molar refractivity (Wildman–Crippen MR) is 100.0 cm³/mol. The van der Waals surface area contributed by atoms with Gasteiger partial charge in [0.25, 0.3) is 0 Å². The first-order valence-electron chi connectivity index (χ1n) is 8.27. The molecule has 2 aromatic carbocycles. The maximum Gasteiger partial charge on any atom is 0.246 e. The van der Waals surface area contributed by atoms with Crippen molar-refractivity contribution in [3.05, 3.63) is 77.4 Å². The van der Waals surface area contributed by atoms with Crippen LogP contribution in [0.15, 0.2) is 59.1 Å². The number of nitrogens with zero attached hydrogens (tertiary/aromatic N) is 3. The largest absolute Gasteiger partial charge is 0.361 e. The molecule has 0 unspecified atom stereocenters. The van der Waals surface area contributed by atoms with Crippen LogP contribution in [0.2, 0.25) is 0 Å². The predicted octanol–water partition coefficient (Wildman–Crippen LogP) is 3.19. The number of benzene rings is 2. The van der Waals surface area contributed by atoms with E-state index in [1.807, 2.05) is 18.2 Å². The zero-order chi connectivity index (χ0) is 16.2. The number of nitrogens with one attached hydrogen (secondary N) is 1. The molecular formula is C19H21ClN4O. The lowest BCUT2D eigenvalue weighted by Gasteiger charge is -2.22. The minimum absolute atomic E-state index is 0. The molecule has 0 amide bonds. The van der Waals surface area contributed by atoms with Crippen LogP contribution in [0.4, 0.5) is 5.69 Å². The molecule has 1 aromatic heterocycles. The molecule has 1 aliphatic rings. The fraction of sp³-hybridized carbons (Fsp3) is 0.263. The number of hydrogen-bond acceptors (Lipinski definition) is 5. The van der Waals surface area contributed by atoms with Crippen LogP contribution in [0.25, 0.3) is 0 Å². The van der Waals surface area contributed by atoms with E-state index in [4.69, 9.17) is 4.52 Å². The lowest BCUT2D eigenvalue weighted by molar-refractivity contribution is 0.371. The Bertz CT molecular complexity index is 806. The normalized spacial score (nSPS) is 13.7. The minimum atomic E-state index is 0. The molecule has 4 rings (SSSR count). The van der Waals surface area contributed by atoms with Gasteiger partial charge in [0, 0.05) is 31.7 Å². The Morgan fingerprint density at radius 3 is 2.72 bits per heavy atom. The molecule has 130 valence electrons. The van der Waals surface area contributed by atoms with E-state index < -0.39 is 0 Å². The topological polar surface area (TPSA) is 54.2 Å². The molecule has 0 fully saturated rings. The summed E-state index contributed by atoms with van der Waals surface area (Å²) in [6.07, 6.45) is 0.697. The summed E-state index contributed by atoms with van der Waals surface area (Å²) in [6.45, 7) is 3.41. The van der Waals surface area contributed by atoms with Crippen molar-refractivity contribution in [3.8, 4) is 0 Å². The van der Waals surface area contributed by atoms with Crippen molar-refractivity contribution in [1.29, 1.82) is 0 Å². The fourth-order valence-electron chi connectivity index (χ4n) is 3.06. The Labute approximate surface area is 153 Å². The van der Waals surface area contributed by atoms with Crippen LogP contribution < -0.4 is 10.2 Å². The van der Waals surface area contributed by atoms with Crippen LogP contribution in [0.3, 0.4) is 0 Å². The molecule has 0 bridgehead atoms. The van der Waals surface area contributed by atoms with E-state index in [0.717, 1.165) is 25.5 Å². The number of rotatable bonds is 4. The van der Waals surface area contributed by atoms with E-state index in [1.54, 1.807) is 0 Å². The molecule has 0 saturated heterocycles. The van der Waals surface area contributed by atoms with E-state index in [0.29, 0.717) is 18.9 Å². The van der Waals surface area contributed by atoms with Gasteiger partial charge in [0.15, 0.2) is 5.82 Å². The van der Waals surface area contributed by atoms with E-state index in [-0.39, 0.29) is 12.4 Å². The van der Waals surface area contributed by atoms with Gasteiger partial charge in [-0.05, 0) is 17.2 Å². The molecule has 0 radical (unpaired) electrons. The van der Waals surface area contributed by atoms with Gasteiger partial charge in [-0.3, -0.25) is 0 Å². The van der Waals surface area contributed by atoms with Gasteiger partial charge in [0.1, 0.15) is 0 Å². The number of anilines is 1. The Kier molecular flexibility index (Phi) is 5.68. The summed E-state index contributed by atoms with van der Waals surface area (Å²) in [6, 6.07) is 18.7. The van der Waals surface area contributed by atoms with Gasteiger partial charge in [-0.25, -0.2) is 0 Å². The Balaban J connectivity index is 0.00000182. The van der Waals surface area contributed by atoms with E-state index in [9.17, 15) is 0 Å². The quantitative estimate of drug-likeness (QED) is 0.778. The van der Waals surface area contributed by atoms with Gasteiger partial charge in [-0.2, -0.15) is 4.98 Å². The highest BCUT2D eigenvalue weighted by atomic mass is 35.5. The lowest BCUT2D eigenvalue weighted by atomic mass is 10.1. The second-order valence-corrected chi connectivity index (χ2v) is 5.99. The monoisotopic (exact) mass is 356 g/mol. The first kappa shape index (κ1) is 17.5. The van der Waals surface area contributed by atoms with Gasteiger partial charge in [-0.1, -0.05) is 53.7 Å². The molecule has 0 saturated carbocycles. The molecule has 0 atom stereocenters. The second kappa shape index (κ2) is 8.14. The third-order valence-corrected chi connectivity index (χ3v) is 4.25. The summed E-state index contributed by atoms with van der Waals surface area (Å²) in [7, 11) is 0. The average Bonchev–Trinajstić information content (AvgIpc) is 2.95. The van der Waals surface area contributed by atoms with Gasteiger partial charge in [0.2, 0.25) is 5.89 Å². The summed E-state index contributed by atoms with van der Waals surface area (Å²) < 4.78 is 5.47. The smallest absolute Gasteiger partial charge is 0.246 e. The molecule has 0 spiro atoms. The first-order valence-corrected chi connectivity index (χ1v) is 8.27. The highest BCUT2D eigenvalue weighted by Gasteiger charge is 2.17. The molecule has 6 heteroatoms. The molecule has 2 heterocycles. The maximum absolute atomic E-state index is 5.47. The van der Waals surface area contributed by atoms with Crippen LogP contribution in [0.5, 0.6) is 0 Å². The van der Waals surface area contributed by atoms with Crippen LogP contribution in [0, 0.1) is 0 Å². The Morgan fingerprint density at radius 1 is 1.04 bits per heavy atom. The summed E-state index contributed by atoms with van der Waals surface area (Å²) in [5.74, 6) is 1.40. The van der Waals surface area contributed by atoms with Crippen LogP contribution in [0.1, 0.15) is 22.8 Å². The maximum atomic E-state index is 5.47. The average molecular weight is 357 g/mol. The molecule has 1 aliphatic heterocycles. The fourth-order valence-corrected chi connectivity index (χ4v) is 3.06. The third-order valence-electron chi connectivity index (χ3n) is 4.25. The van der Waals surface area contributed by atoms with Crippen molar-refractivity contribution in [2.24, 2.45) is 0 Å². The number of aromatic nitrogens is 2. The van der Waals surface area contributed by atoms with E-state index in [1.165, 1.54) is 16.8 Å². The summed E-state index contributed by atoms with van der Waals surface area (Å²) in [5, 5.41) is 7.58. The second-order valence-electron chi connectivity index (χ2n) is 5.99. The minimum Gasteiger partial charge on any atom is -0.361 e. The van der Waals surface area contributed by atoms with Crippen molar-refractivity contribution in [2.75, 3.05) is 18.0 Å². The van der Waals surface area contributed by atoms with E-state index in [2.05, 4.69) is 56.8 Å². The molecule has 25 heavy (non-hydrogen) atoms. The highest BCUT2D eigenvalue weighted by molar-refractivity contribution is 5.85. The molecule has 1 N–H and O–H groups in total. The van der Waals surface area contributed by atoms with E-state index >= 15 is 0 Å². The number of hydrogen-bond donors (Lipinski definition) is 1. The molecule has 5 nitrogen and oxygen atoms in total. The van der Waals surface area contributed by atoms with Crippen molar-refractivity contribution < 1.29 is 4.52 Å². The SMILES string of the molecule is Cl.c1ccc(Cc2noc(CN3CCNCc4ccccc43)n2)cc1. The first-order chi connectivity index (χ1) is 11.9. The number of fused-ring (bicyclic) bond motifs is 1. The molecular weight excluding hydrogens is 336 g/mol. The molecule has 0 aliphatic carbocycles. The number of halogens is 1. The lowest BCUT2D eigenvalue weighted by Crippen LogP contribution is -2.28. The van der Waals surface area contributed by atoms with Crippen molar-refractivity contribution >= 4 is 18.1 Å². The zero-order valence-electron chi connectivity index (χ0n) is 13.9. The van der Waals surface area contributed by atoms with Gasteiger partial charge < -0.3 is 14.7 Å². The summed E-state index contributed by atoms with van der Waals surface area (Å²) in [5.41, 5.74) is 3.73. The van der Waals surface area contributed by atoms with Crippen molar-refractivity contribution in [1.82, 2.24) is 15.5 Å². The third kappa shape index (κ3) is 4.18. The highest BCUT2D eigenvalue weighted by Crippen LogP contribution is 2.23. The number of para-hydroxylation sites is 1. The van der Waals surface area contributed by atoms with Gasteiger partial charge in [-0.15, -0.1) is 12.4 Å². The standard InChI is InChI=1S/C19H20N4O.ClH/c1-2-6-15(7-3-1)12-18-21-19(24-22-18)14-23-11-10-20-13-16-8-4-5-9-17(16)23;/h1-9,20H,10-14H2;1H. The van der Waals surface area contributed by atoms with Crippen LogP contribution in [-0.4, -0.2) is 23.2 Å². The Morgan fingerprint density at radius 2 is 1.84 bits per heavy atom. The van der Waals surface area contributed by atoms with Crippen LogP contribution in [-0.2, 0) is 19.5 Å². The summed E-state index contributed by atoms with van der Waals surface area (Å²) in [4.78, 5) is 6.86. The van der Waals surface area contributed by atoms with Gasteiger partial charge >= 0.3 is 0 Å². The van der Waals surface area contributed by atoms with Crippen LogP contribution >= 0.6 is 12.4 Å².